The van der Waals surface area contributed by atoms with Gasteiger partial charge in [0.15, 0.2) is 0 Å². The molecule has 1 aliphatic carbocycles. The first-order valence-electron chi connectivity index (χ1n) is 19.2. The van der Waals surface area contributed by atoms with Crippen molar-refractivity contribution in [2.45, 2.75) is 25.7 Å². The lowest BCUT2D eigenvalue weighted by Gasteiger charge is -2.23. The van der Waals surface area contributed by atoms with Gasteiger partial charge >= 0.3 is 0 Å². The molecule has 288 valence electrons. The topological polar surface area (TPSA) is 64.6 Å². The molecule has 0 saturated carbocycles. The normalized spacial score (nSPS) is 18.5. The van der Waals surface area contributed by atoms with Crippen molar-refractivity contribution >= 4 is 35.3 Å². The molecule has 2 aliphatic heterocycles. The average Bonchev–Trinajstić information content (AvgIpc) is 3.17. The Kier molecular flexibility index (Phi) is 15.5. The second-order valence-corrected chi connectivity index (χ2v) is 17.1. The molecular weight excluding hydrogens is 737 g/mol. The molecule has 0 unspecified atom stereocenters. The summed E-state index contributed by atoms with van der Waals surface area (Å²) in [6.07, 6.45) is 2.69. The summed E-state index contributed by atoms with van der Waals surface area (Å²) in [5, 5.41) is 0. The third-order valence-corrected chi connectivity index (χ3v) is 13.0. The number of hydrogen-bond acceptors (Lipinski definition) is 10. The van der Waals surface area contributed by atoms with E-state index in [1.807, 2.05) is 35.3 Å². The predicted octanol–water partition coefficient (Wildman–Crippen LogP) is 8.16. The molecule has 4 aromatic carbocycles. The SMILES string of the molecule is c1cc2c3c(c1)Cc1cccc4c1OCCSCCSCCSCCOc1c(cccc1Cc1cccc(c1OCCOCCOCCOCCO3)C4)C2. The summed E-state index contributed by atoms with van der Waals surface area (Å²) >= 11 is 5.99. The first-order chi connectivity index (χ1) is 26.8. The number of para-hydroxylation sites is 4. The maximum absolute atomic E-state index is 6.82. The number of ether oxygens (including phenoxy) is 7. The zero-order valence-electron chi connectivity index (χ0n) is 31.2. The Morgan fingerprint density at radius 1 is 0.278 bits per heavy atom. The highest BCUT2D eigenvalue weighted by molar-refractivity contribution is 8.04. The summed E-state index contributed by atoms with van der Waals surface area (Å²) in [6, 6.07) is 26.3. The van der Waals surface area contributed by atoms with Gasteiger partial charge in [-0.1, -0.05) is 72.8 Å². The van der Waals surface area contributed by atoms with Crippen molar-refractivity contribution < 1.29 is 33.2 Å². The van der Waals surface area contributed by atoms with E-state index < -0.39 is 0 Å². The number of benzene rings is 4. The molecule has 7 nitrogen and oxygen atoms in total. The minimum absolute atomic E-state index is 0.435. The van der Waals surface area contributed by atoms with Crippen molar-refractivity contribution in [1.29, 1.82) is 0 Å². The lowest BCUT2D eigenvalue weighted by Crippen LogP contribution is -2.16. The Hall–Kier alpha value is -2.99. The van der Waals surface area contributed by atoms with Crippen LogP contribution in [0.3, 0.4) is 0 Å². The summed E-state index contributed by atoms with van der Waals surface area (Å²) in [5.74, 6) is 10.2. The van der Waals surface area contributed by atoms with E-state index in [9.17, 15) is 0 Å². The number of hydrogen-bond donors (Lipinski definition) is 0. The molecular formula is C44H52O7S3. The minimum Gasteiger partial charge on any atom is -0.492 e. The molecule has 7 rings (SSSR count). The van der Waals surface area contributed by atoms with Crippen molar-refractivity contribution in [3.63, 3.8) is 0 Å². The van der Waals surface area contributed by atoms with Crippen LogP contribution in [0.4, 0.5) is 0 Å². The predicted molar refractivity (Wildman–Crippen MR) is 223 cm³/mol. The fourth-order valence-corrected chi connectivity index (χ4v) is 10.0. The molecule has 0 saturated heterocycles. The lowest BCUT2D eigenvalue weighted by atomic mass is 9.91. The zero-order chi connectivity index (χ0) is 36.6. The Labute approximate surface area is 333 Å². The molecule has 54 heavy (non-hydrogen) atoms. The highest BCUT2D eigenvalue weighted by atomic mass is 32.2. The van der Waals surface area contributed by atoms with Crippen LogP contribution in [0.2, 0.25) is 0 Å². The number of thioether (sulfide) groups is 3. The molecule has 2 heterocycles. The van der Waals surface area contributed by atoms with Gasteiger partial charge in [0.25, 0.3) is 0 Å². The Balaban J connectivity index is 1.38. The molecule has 0 amide bonds. The smallest absolute Gasteiger partial charge is 0.126 e. The molecule has 12 bridgehead atoms. The van der Waals surface area contributed by atoms with Gasteiger partial charge < -0.3 is 33.2 Å². The largest absolute Gasteiger partial charge is 0.492 e. The number of rotatable bonds is 0. The van der Waals surface area contributed by atoms with Crippen molar-refractivity contribution in [3.05, 3.63) is 117 Å². The Morgan fingerprint density at radius 3 is 0.815 bits per heavy atom. The first kappa shape index (κ1) is 39.3. The van der Waals surface area contributed by atoms with E-state index in [1.54, 1.807) is 0 Å². The summed E-state index contributed by atoms with van der Waals surface area (Å²) in [5.41, 5.74) is 9.10. The van der Waals surface area contributed by atoms with Crippen LogP contribution >= 0.6 is 35.3 Å². The summed E-state index contributed by atoms with van der Waals surface area (Å²) in [7, 11) is 0. The molecule has 0 atom stereocenters. The highest BCUT2D eigenvalue weighted by Gasteiger charge is 2.22. The van der Waals surface area contributed by atoms with Gasteiger partial charge in [-0.25, -0.2) is 0 Å². The van der Waals surface area contributed by atoms with Gasteiger partial charge in [0.2, 0.25) is 0 Å². The summed E-state index contributed by atoms with van der Waals surface area (Å²) < 4.78 is 44.7. The van der Waals surface area contributed by atoms with E-state index in [4.69, 9.17) is 33.2 Å². The van der Waals surface area contributed by atoms with Crippen molar-refractivity contribution in [2.75, 3.05) is 101 Å². The molecule has 0 radical (unpaired) electrons. The third kappa shape index (κ3) is 11.1. The van der Waals surface area contributed by atoms with Crippen molar-refractivity contribution in [1.82, 2.24) is 0 Å². The third-order valence-electron chi connectivity index (χ3n) is 9.62. The molecule has 3 aliphatic rings. The fourth-order valence-electron chi connectivity index (χ4n) is 7.12. The van der Waals surface area contributed by atoms with E-state index in [1.165, 1.54) is 0 Å². The van der Waals surface area contributed by atoms with Crippen molar-refractivity contribution in [3.8, 4) is 23.0 Å². The van der Waals surface area contributed by atoms with Gasteiger partial charge in [-0.05, 0) is 44.5 Å². The summed E-state index contributed by atoms with van der Waals surface area (Å²) in [6.45, 7) is 5.11. The molecule has 0 spiro atoms. The van der Waals surface area contributed by atoms with Crippen LogP contribution in [0.1, 0.15) is 44.5 Å². The van der Waals surface area contributed by atoms with Gasteiger partial charge in [0, 0.05) is 60.2 Å². The molecule has 0 fully saturated rings. The fraction of sp³-hybridized carbons (Fsp3) is 0.455. The van der Waals surface area contributed by atoms with Gasteiger partial charge in [-0.3, -0.25) is 0 Å². The Morgan fingerprint density at radius 2 is 0.519 bits per heavy atom. The van der Waals surface area contributed by atoms with Crippen LogP contribution in [0.25, 0.3) is 0 Å². The minimum atomic E-state index is 0.435. The van der Waals surface area contributed by atoms with E-state index in [-0.39, 0.29) is 0 Å². The quantitative estimate of drug-likeness (QED) is 0.154. The second kappa shape index (κ2) is 21.3. The van der Waals surface area contributed by atoms with Crippen LogP contribution in [0.5, 0.6) is 23.0 Å². The van der Waals surface area contributed by atoms with Crippen LogP contribution in [0.15, 0.2) is 72.8 Å². The molecule has 0 N–H and O–H groups in total. The Bertz CT molecular complexity index is 1450. The van der Waals surface area contributed by atoms with E-state index in [2.05, 4.69) is 72.8 Å². The maximum Gasteiger partial charge on any atom is 0.126 e. The first-order valence-corrected chi connectivity index (χ1v) is 22.7. The van der Waals surface area contributed by atoms with Crippen LogP contribution < -0.4 is 18.9 Å². The van der Waals surface area contributed by atoms with Gasteiger partial charge in [0.05, 0.1) is 52.9 Å². The van der Waals surface area contributed by atoms with E-state index in [0.717, 1.165) is 102 Å². The van der Waals surface area contributed by atoms with Gasteiger partial charge in [-0.15, -0.1) is 0 Å². The van der Waals surface area contributed by atoms with E-state index >= 15 is 0 Å². The van der Waals surface area contributed by atoms with Crippen molar-refractivity contribution in [2.24, 2.45) is 0 Å². The second-order valence-electron chi connectivity index (χ2n) is 13.4. The van der Waals surface area contributed by atoms with Gasteiger partial charge in [-0.2, -0.15) is 35.3 Å². The van der Waals surface area contributed by atoms with Gasteiger partial charge in [0.1, 0.15) is 36.2 Å². The van der Waals surface area contributed by atoms with Crippen LogP contribution in [-0.4, -0.2) is 101 Å². The maximum atomic E-state index is 6.82. The van der Waals surface area contributed by atoms with E-state index in [0.29, 0.717) is 91.8 Å². The standard InChI is InChI=1S/C44H52O7S3/c1-5-33-29-37-9-3-11-39-31-35-7-2-8-36-32-40-12-4-10-38(44(40)51-22-24-53-26-28-54-27-25-52-23-21-50-43(37)39)30-34(6-1)41(33)48-19-17-46-15-13-45-14-16-47-18-20-49-42(35)36/h1-12H,13-32H2. The van der Waals surface area contributed by atoms with Crippen LogP contribution in [-0.2, 0) is 39.9 Å². The summed E-state index contributed by atoms with van der Waals surface area (Å²) in [4.78, 5) is 0. The molecule has 4 aromatic rings. The zero-order valence-corrected chi connectivity index (χ0v) is 33.6. The van der Waals surface area contributed by atoms with Crippen LogP contribution in [0, 0.1) is 0 Å². The molecule has 10 heteroatoms. The monoisotopic (exact) mass is 788 g/mol. The lowest BCUT2D eigenvalue weighted by molar-refractivity contribution is 0.00484. The average molecular weight is 789 g/mol. The molecule has 0 aromatic heterocycles. The highest BCUT2D eigenvalue weighted by Crippen LogP contribution is 2.39.